The minimum atomic E-state index is -0.298. The highest BCUT2D eigenvalue weighted by Gasteiger charge is 2.23. The van der Waals surface area contributed by atoms with Gasteiger partial charge in [0, 0.05) is 28.1 Å². The van der Waals surface area contributed by atoms with Crippen LogP contribution in [0.5, 0.6) is 0 Å². The molecule has 6 aromatic rings. The van der Waals surface area contributed by atoms with E-state index in [2.05, 4.69) is 11.4 Å². The number of aryl methyl sites for hydroxylation is 2. The molecule has 0 saturated carbocycles. The maximum absolute atomic E-state index is 13.4. The van der Waals surface area contributed by atoms with Crippen LogP contribution in [-0.4, -0.2) is 15.3 Å². The van der Waals surface area contributed by atoms with Crippen molar-refractivity contribution in [3.63, 3.8) is 0 Å². The van der Waals surface area contributed by atoms with Crippen molar-refractivity contribution in [2.24, 2.45) is 0 Å². The molecule has 0 fully saturated rings. The van der Waals surface area contributed by atoms with Crippen LogP contribution in [0.3, 0.4) is 0 Å². The molecule has 33 heavy (non-hydrogen) atoms. The normalized spacial score (nSPS) is 11.5. The van der Waals surface area contributed by atoms with Gasteiger partial charge in [-0.15, -0.1) is 0 Å². The zero-order chi connectivity index (χ0) is 22.5. The fourth-order valence-electron chi connectivity index (χ4n) is 4.47. The van der Waals surface area contributed by atoms with Crippen molar-refractivity contribution in [2.45, 2.75) is 13.8 Å². The number of nitrogens with one attached hydrogen (secondary N) is 1. The summed E-state index contributed by atoms with van der Waals surface area (Å²) in [7, 11) is 0. The van der Waals surface area contributed by atoms with Crippen LogP contribution in [0.1, 0.15) is 21.7 Å². The van der Waals surface area contributed by atoms with Crippen molar-refractivity contribution in [1.29, 1.82) is 0 Å². The van der Waals surface area contributed by atoms with E-state index in [-0.39, 0.29) is 5.91 Å². The third kappa shape index (κ3) is 3.01. The first-order valence-electron chi connectivity index (χ1n) is 10.9. The van der Waals surface area contributed by atoms with E-state index in [1.165, 1.54) is 0 Å². The molecule has 5 heteroatoms. The molecule has 160 valence electrons. The molecule has 0 radical (unpaired) electrons. The fraction of sp³-hybridized carbons (Fsp3) is 0.0714. The Labute approximate surface area is 190 Å². The third-order valence-electron chi connectivity index (χ3n) is 6.20. The summed E-state index contributed by atoms with van der Waals surface area (Å²) < 4.78 is 7.86. The van der Waals surface area contributed by atoms with Crippen LogP contribution in [-0.2, 0) is 0 Å². The minimum Gasteiger partial charge on any atom is -0.451 e. The number of anilines is 1. The van der Waals surface area contributed by atoms with Gasteiger partial charge in [-0.2, -0.15) is 0 Å². The molecule has 0 bridgehead atoms. The summed E-state index contributed by atoms with van der Waals surface area (Å²) in [4.78, 5) is 18.4. The van der Waals surface area contributed by atoms with Gasteiger partial charge in [0.15, 0.2) is 5.76 Å². The molecule has 3 aromatic carbocycles. The first-order chi connectivity index (χ1) is 16.1. The zero-order valence-corrected chi connectivity index (χ0v) is 18.3. The lowest BCUT2D eigenvalue weighted by molar-refractivity contribution is 0.0997. The largest absolute Gasteiger partial charge is 0.451 e. The van der Waals surface area contributed by atoms with Gasteiger partial charge in [-0.05, 0) is 36.9 Å². The van der Waals surface area contributed by atoms with Gasteiger partial charge in [0.25, 0.3) is 5.91 Å². The fourth-order valence-corrected chi connectivity index (χ4v) is 4.47. The second kappa shape index (κ2) is 7.35. The number of carbonyl (C=O) groups is 1. The average molecular weight is 431 g/mol. The Balaban J connectivity index is 1.56. The monoisotopic (exact) mass is 431 g/mol. The second-order valence-corrected chi connectivity index (χ2v) is 8.23. The van der Waals surface area contributed by atoms with E-state index >= 15 is 0 Å². The maximum Gasteiger partial charge on any atom is 0.292 e. The number of hydrogen-bond acceptors (Lipinski definition) is 3. The quantitative estimate of drug-likeness (QED) is 0.336. The number of benzene rings is 3. The summed E-state index contributed by atoms with van der Waals surface area (Å²) in [5, 5.41) is 6.16. The average Bonchev–Trinajstić information content (AvgIpc) is 3.38. The van der Waals surface area contributed by atoms with Gasteiger partial charge in [0.1, 0.15) is 22.7 Å². The van der Waals surface area contributed by atoms with E-state index in [4.69, 9.17) is 9.40 Å². The lowest BCUT2D eigenvalue weighted by Gasteiger charge is -2.09. The number of pyridine rings is 1. The van der Waals surface area contributed by atoms with Crippen molar-refractivity contribution in [3.05, 3.63) is 102 Å². The number of imidazole rings is 1. The Hall–Kier alpha value is -4.38. The Kier molecular flexibility index (Phi) is 4.30. The van der Waals surface area contributed by atoms with Crippen LogP contribution < -0.4 is 5.32 Å². The number of hydrogen-bond donors (Lipinski definition) is 1. The van der Waals surface area contributed by atoms with Crippen molar-refractivity contribution < 1.29 is 9.21 Å². The molecule has 0 aliphatic rings. The second-order valence-electron chi connectivity index (χ2n) is 8.23. The Morgan fingerprint density at radius 3 is 2.42 bits per heavy atom. The third-order valence-corrected chi connectivity index (χ3v) is 6.20. The molecule has 3 heterocycles. The molecule has 0 aliphatic carbocycles. The van der Waals surface area contributed by atoms with Gasteiger partial charge < -0.3 is 9.73 Å². The van der Waals surface area contributed by atoms with Crippen LogP contribution >= 0.6 is 0 Å². The summed E-state index contributed by atoms with van der Waals surface area (Å²) in [5.74, 6) is 0.631. The standard InChI is InChI=1S/C28H21N3O2/c1-17-9-3-5-11-20(17)24-27(31-16-15-19-10-4-6-13-22(19)26(31)29-24)30-28(32)25-18(2)21-12-7-8-14-23(21)33-25/h3-16H,1-2H3,(H,30,32). The molecular formula is C28H21N3O2. The van der Waals surface area contributed by atoms with Crippen molar-refractivity contribution >= 4 is 39.1 Å². The van der Waals surface area contributed by atoms with Crippen LogP contribution in [0.2, 0.25) is 0 Å². The molecule has 3 aromatic heterocycles. The highest BCUT2D eigenvalue weighted by atomic mass is 16.3. The smallest absolute Gasteiger partial charge is 0.292 e. The molecule has 6 rings (SSSR count). The number of carbonyl (C=O) groups excluding carboxylic acids is 1. The molecule has 0 aliphatic heterocycles. The summed E-state index contributed by atoms with van der Waals surface area (Å²) in [6.07, 6.45) is 1.95. The molecule has 1 amide bonds. The SMILES string of the molecule is Cc1ccccc1-c1nc2c3ccccc3ccn2c1NC(=O)c1oc2ccccc2c1C. The van der Waals surface area contributed by atoms with E-state index in [9.17, 15) is 4.79 Å². The number of fused-ring (bicyclic) bond motifs is 4. The summed E-state index contributed by atoms with van der Waals surface area (Å²) in [6.45, 7) is 3.96. The van der Waals surface area contributed by atoms with Crippen LogP contribution in [0.15, 0.2) is 89.5 Å². The van der Waals surface area contributed by atoms with Gasteiger partial charge in [0.2, 0.25) is 0 Å². The predicted octanol–water partition coefficient (Wildman–Crippen LogP) is 6.77. The number of nitrogens with zero attached hydrogens (tertiary/aromatic N) is 2. The molecule has 0 spiro atoms. The van der Waals surface area contributed by atoms with E-state index in [0.29, 0.717) is 17.2 Å². The molecule has 0 atom stereocenters. The van der Waals surface area contributed by atoms with E-state index in [1.807, 2.05) is 97.2 Å². The van der Waals surface area contributed by atoms with Gasteiger partial charge in [0.05, 0.1) is 0 Å². The van der Waals surface area contributed by atoms with Gasteiger partial charge >= 0.3 is 0 Å². The van der Waals surface area contributed by atoms with Crippen LogP contribution in [0, 0.1) is 13.8 Å². The lowest BCUT2D eigenvalue weighted by atomic mass is 10.1. The van der Waals surface area contributed by atoms with Crippen LogP contribution in [0.4, 0.5) is 5.82 Å². The summed E-state index contributed by atoms with van der Waals surface area (Å²) >= 11 is 0. The van der Waals surface area contributed by atoms with Gasteiger partial charge in [-0.3, -0.25) is 9.20 Å². The first kappa shape index (κ1) is 19.3. The molecule has 1 N–H and O–H groups in total. The molecular weight excluding hydrogens is 410 g/mol. The number of rotatable bonds is 3. The number of amides is 1. The highest BCUT2D eigenvalue weighted by Crippen LogP contribution is 2.34. The van der Waals surface area contributed by atoms with Crippen molar-refractivity contribution in [2.75, 3.05) is 5.32 Å². The molecule has 0 unspecified atom stereocenters. The maximum atomic E-state index is 13.4. The Morgan fingerprint density at radius 1 is 0.879 bits per heavy atom. The first-order valence-corrected chi connectivity index (χ1v) is 10.9. The summed E-state index contributed by atoms with van der Waals surface area (Å²) in [6, 6.07) is 25.9. The lowest BCUT2D eigenvalue weighted by Crippen LogP contribution is -2.14. The van der Waals surface area contributed by atoms with E-state index in [1.54, 1.807) is 0 Å². The van der Waals surface area contributed by atoms with Crippen LogP contribution in [0.25, 0.3) is 38.6 Å². The highest BCUT2D eigenvalue weighted by molar-refractivity contribution is 6.08. The molecule has 5 nitrogen and oxygen atoms in total. The van der Waals surface area contributed by atoms with Gasteiger partial charge in [-0.25, -0.2) is 4.98 Å². The minimum absolute atomic E-state index is 0.298. The summed E-state index contributed by atoms with van der Waals surface area (Å²) in [5.41, 5.74) is 5.10. The zero-order valence-electron chi connectivity index (χ0n) is 18.3. The topological polar surface area (TPSA) is 59.5 Å². The van der Waals surface area contributed by atoms with E-state index < -0.39 is 0 Å². The Morgan fingerprint density at radius 2 is 1.61 bits per heavy atom. The number of para-hydroxylation sites is 1. The van der Waals surface area contributed by atoms with Crippen molar-refractivity contribution in [1.82, 2.24) is 9.38 Å². The number of aromatic nitrogens is 2. The number of furan rings is 1. The molecule has 0 saturated heterocycles. The Bertz CT molecular complexity index is 1690. The predicted molar refractivity (Wildman–Crippen MR) is 132 cm³/mol. The van der Waals surface area contributed by atoms with Gasteiger partial charge in [-0.1, -0.05) is 66.7 Å². The van der Waals surface area contributed by atoms with E-state index in [0.717, 1.165) is 44.2 Å². The van der Waals surface area contributed by atoms with Crippen molar-refractivity contribution in [3.8, 4) is 11.3 Å².